The summed E-state index contributed by atoms with van der Waals surface area (Å²) in [7, 11) is -2.22. The number of thiazole rings is 1. The number of primary sulfonamides is 1. The molecule has 0 spiro atoms. The Hall–Kier alpha value is -2.33. The van der Waals surface area contributed by atoms with Crippen LogP contribution in [-0.2, 0) is 32.5 Å². The van der Waals surface area contributed by atoms with Crippen molar-refractivity contribution in [1.82, 2.24) is 4.57 Å². The molecule has 0 saturated heterocycles. The lowest BCUT2D eigenvalue weighted by Crippen LogP contribution is -2.20. The number of nitrogens with two attached hydrogens (primary N) is 1. The first-order valence-corrected chi connectivity index (χ1v) is 11.8. The summed E-state index contributed by atoms with van der Waals surface area (Å²) in [5, 5.41) is 5.25. The highest BCUT2D eigenvalue weighted by molar-refractivity contribution is 7.89. The summed E-state index contributed by atoms with van der Waals surface area (Å²) >= 11 is 1.25. The monoisotopic (exact) mass is 447 g/mol. The summed E-state index contributed by atoms with van der Waals surface area (Å²) in [4.78, 5) is 17.7. The second-order valence-electron chi connectivity index (χ2n) is 7.26. The van der Waals surface area contributed by atoms with Crippen LogP contribution in [0.4, 0.5) is 0 Å². The van der Waals surface area contributed by atoms with E-state index in [2.05, 4.69) is 17.1 Å². The van der Waals surface area contributed by atoms with Gasteiger partial charge in [0.1, 0.15) is 0 Å². The van der Waals surface area contributed by atoms with E-state index in [9.17, 15) is 13.2 Å². The number of benzene rings is 2. The number of hydrogen-bond donors (Lipinski definition) is 1. The maximum Gasteiger partial charge on any atom is 0.252 e. The molecule has 1 heterocycles. The summed E-state index contributed by atoms with van der Waals surface area (Å²) in [6, 6.07) is 8.76. The number of amides is 1. The van der Waals surface area contributed by atoms with E-state index in [1.54, 1.807) is 13.2 Å². The molecule has 0 bridgehead atoms. The number of methoxy groups -OCH3 is 1. The van der Waals surface area contributed by atoms with E-state index in [1.165, 1.54) is 23.5 Å². The maximum atomic E-state index is 12.8. The Bertz CT molecular complexity index is 1260. The molecule has 1 amide bonds. The Labute approximate surface area is 179 Å². The molecular weight excluding hydrogens is 422 g/mol. The minimum Gasteiger partial charge on any atom is -0.383 e. The number of ether oxygens (including phenoxy) is 1. The summed E-state index contributed by atoms with van der Waals surface area (Å²) in [6.07, 6.45) is 0.207. The number of sulfonamides is 1. The van der Waals surface area contributed by atoms with Gasteiger partial charge >= 0.3 is 0 Å². The Morgan fingerprint density at radius 1 is 1.17 bits per heavy atom. The average molecular weight is 448 g/mol. The molecule has 9 heteroatoms. The van der Waals surface area contributed by atoms with E-state index in [0.29, 0.717) is 22.7 Å². The molecule has 0 atom stereocenters. The Balaban J connectivity index is 2.06. The van der Waals surface area contributed by atoms with Crippen molar-refractivity contribution in [3.05, 3.63) is 57.4 Å². The van der Waals surface area contributed by atoms with Gasteiger partial charge in [0.25, 0.3) is 5.91 Å². The first-order valence-electron chi connectivity index (χ1n) is 9.39. The Morgan fingerprint density at radius 2 is 1.83 bits per heavy atom. The fourth-order valence-corrected chi connectivity index (χ4v) is 5.23. The molecule has 1 aromatic heterocycles. The minimum absolute atomic E-state index is 0.0268. The van der Waals surface area contributed by atoms with Crippen LogP contribution < -0.4 is 9.94 Å². The van der Waals surface area contributed by atoms with Gasteiger partial charge in [0.2, 0.25) is 10.0 Å². The standard InChI is InChI=1S/C21H25N3O4S2/c1-13-9-14(2)17(15(3)10-13)12-20(25)23-21-24(7-8-28-4)18-6-5-16(30(22,26)27)11-19(18)29-21/h5-6,9-11H,7-8,12H2,1-4H3,(H2,22,26,27). The Kier molecular flexibility index (Phi) is 6.56. The third-order valence-electron chi connectivity index (χ3n) is 4.89. The predicted octanol–water partition coefficient (Wildman–Crippen LogP) is 2.59. The van der Waals surface area contributed by atoms with Crippen LogP contribution in [0.2, 0.25) is 0 Å². The second-order valence-corrected chi connectivity index (χ2v) is 9.83. The molecule has 0 fully saturated rings. The van der Waals surface area contributed by atoms with Gasteiger partial charge in [-0.2, -0.15) is 4.99 Å². The summed E-state index contributed by atoms with van der Waals surface area (Å²) in [5.41, 5.74) is 5.05. The molecule has 3 aromatic rings. The number of rotatable bonds is 6. The molecule has 0 aliphatic heterocycles. The molecule has 0 saturated carbocycles. The normalized spacial score (nSPS) is 12.6. The van der Waals surface area contributed by atoms with Gasteiger partial charge in [-0.25, -0.2) is 13.6 Å². The van der Waals surface area contributed by atoms with Crippen LogP contribution in [-0.4, -0.2) is 32.6 Å². The summed E-state index contributed by atoms with van der Waals surface area (Å²) < 4.78 is 31.1. The first-order chi connectivity index (χ1) is 14.1. The molecule has 3 rings (SSSR count). The molecule has 0 radical (unpaired) electrons. The van der Waals surface area contributed by atoms with Gasteiger partial charge < -0.3 is 9.30 Å². The van der Waals surface area contributed by atoms with E-state index in [0.717, 1.165) is 27.8 Å². The molecule has 7 nitrogen and oxygen atoms in total. The highest BCUT2D eigenvalue weighted by atomic mass is 32.2. The van der Waals surface area contributed by atoms with Gasteiger partial charge in [0, 0.05) is 13.7 Å². The van der Waals surface area contributed by atoms with Crippen molar-refractivity contribution < 1.29 is 17.9 Å². The second kappa shape index (κ2) is 8.81. The van der Waals surface area contributed by atoms with Crippen molar-refractivity contribution in [2.75, 3.05) is 13.7 Å². The van der Waals surface area contributed by atoms with E-state index in [1.807, 2.05) is 25.3 Å². The first kappa shape index (κ1) is 22.4. The van der Waals surface area contributed by atoms with Crippen LogP contribution >= 0.6 is 11.3 Å². The van der Waals surface area contributed by atoms with Crippen LogP contribution in [0.5, 0.6) is 0 Å². The lowest BCUT2D eigenvalue weighted by Gasteiger charge is -2.09. The minimum atomic E-state index is -3.82. The van der Waals surface area contributed by atoms with Crippen molar-refractivity contribution in [1.29, 1.82) is 0 Å². The number of aryl methyl sites for hydroxylation is 3. The van der Waals surface area contributed by atoms with Crippen molar-refractivity contribution in [2.24, 2.45) is 10.1 Å². The van der Waals surface area contributed by atoms with Gasteiger partial charge in [0.15, 0.2) is 4.80 Å². The van der Waals surface area contributed by atoms with Crippen LogP contribution in [0.3, 0.4) is 0 Å². The third kappa shape index (κ3) is 4.86. The zero-order chi connectivity index (χ0) is 22.1. The molecular formula is C21H25N3O4S2. The number of carbonyl (C=O) groups is 1. The van der Waals surface area contributed by atoms with E-state index < -0.39 is 10.0 Å². The third-order valence-corrected chi connectivity index (χ3v) is 6.84. The van der Waals surface area contributed by atoms with Crippen LogP contribution in [0.1, 0.15) is 22.3 Å². The fourth-order valence-electron chi connectivity index (χ4n) is 3.50. The molecule has 160 valence electrons. The quantitative estimate of drug-likeness (QED) is 0.627. The van der Waals surface area contributed by atoms with Crippen LogP contribution in [0.15, 0.2) is 40.2 Å². The zero-order valence-corrected chi connectivity index (χ0v) is 19.1. The summed E-state index contributed by atoms with van der Waals surface area (Å²) in [5.74, 6) is -0.255. The van der Waals surface area contributed by atoms with Crippen LogP contribution in [0.25, 0.3) is 10.2 Å². The van der Waals surface area contributed by atoms with Crippen molar-refractivity contribution in [2.45, 2.75) is 38.6 Å². The highest BCUT2D eigenvalue weighted by Gasteiger charge is 2.14. The molecule has 0 aliphatic carbocycles. The molecule has 0 unspecified atom stereocenters. The zero-order valence-electron chi connectivity index (χ0n) is 17.4. The van der Waals surface area contributed by atoms with Gasteiger partial charge in [-0.15, -0.1) is 0 Å². The largest absolute Gasteiger partial charge is 0.383 e. The van der Waals surface area contributed by atoms with Crippen LogP contribution in [0, 0.1) is 20.8 Å². The number of nitrogens with zero attached hydrogens (tertiary/aromatic N) is 2. The predicted molar refractivity (Wildman–Crippen MR) is 118 cm³/mol. The topological polar surface area (TPSA) is 104 Å². The molecule has 2 aromatic carbocycles. The smallest absolute Gasteiger partial charge is 0.252 e. The van der Waals surface area contributed by atoms with Gasteiger partial charge in [0.05, 0.1) is 28.1 Å². The highest BCUT2D eigenvalue weighted by Crippen LogP contribution is 2.22. The number of hydrogen-bond acceptors (Lipinski definition) is 5. The fraction of sp³-hybridized carbons (Fsp3) is 0.333. The van der Waals surface area contributed by atoms with Gasteiger partial charge in [-0.1, -0.05) is 29.0 Å². The van der Waals surface area contributed by atoms with Crippen molar-refractivity contribution >= 4 is 37.5 Å². The number of fused-ring (bicyclic) bond motifs is 1. The van der Waals surface area contributed by atoms with E-state index >= 15 is 0 Å². The molecule has 0 aliphatic rings. The lowest BCUT2D eigenvalue weighted by atomic mass is 9.97. The SMILES string of the molecule is COCCn1c(=NC(=O)Cc2c(C)cc(C)cc2C)sc2cc(S(N)(=O)=O)ccc21. The van der Waals surface area contributed by atoms with Gasteiger partial charge in [-0.05, 0) is 55.7 Å². The number of aromatic nitrogens is 1. The number of carbonyl (C=O) groups excluding carboxylic acids is 1. The van der Waals surface area contributed by atoms with Crippen molar-refractivity contribution in [3.63, 3.8) is 0 Å². The van der Waals surface area contributed by atoms with E-state index in [-0.39, 0.29) is 17.2 Å². The average Bonchev–Trinajstić information content (AvgIpc) is 2.98. The molecule has 2 N–H and O–H groups in total. The Morgan fingerprint density at radius 3 is 2.43 bits per heavy atom. The summed E-state index contributed by atoms with van der Waals surface area (Å²) in [6.45, 7) is 6.94. The van der Waals surface area contributed by atoms with Gasteiger partial charge in [-0.3, -0.25) is 4.79 Å². The maximum absolute atomic E-state index is 12.8. The van der Waals surface area contributed by atoms with Crippen molar-refractivity contribution in [3.8, 4) is 0 Å². The van der Waals surface area contributed by atoms with E-state index in [4.69, 9.17) is 9.88 Å². The molecule has 30 heavy (non-hydrogen) atoms. The lowest BCUT2D eigenvalue weighted by molar-refractivity contribution is -0.117.